The molecule has 0 unspecified atom stereocenters. The summed E-state index contributed by atoms with van der Waals surface area (Å²) in [6, 6.07) is 6.51. The van der Waals surface area contributed by atoms with Crippen molar-refractivity contribution in [1.29, 1.82) is 0 Å². The molecule has 0 bridgehead atoms. The van der Waals surface area contributed by atoms with Gasteiger partial charge in [-0.05, 0) is 24.1 Å². The molecule has 0 N–H and O–H groups in total. The van der Waals surface area contributed by atoms with Gasteiger partial charge in [0, 0.05) is 4.88 Å². The van der Waals surface area contributed by atoms with Crippen LogP contribution in [0.15, 0.2) is 33.5 Å². The van der Waals surface area contributed by atoms with Gasteiger partial charge in [0.05, 0.1) is 18.8 Å². The number of benzene rings is 1. The Morgan fingerprint density at radius 1 is 1.32 bits per heavy atom. The van der Waals surface area contributed by atoms with Crippen molar-refractivity contribution in [3.8, 4) is 17.2 Å². The molecule has 0 saturated carbocycles. The molecule has 8 heteroatoms. The minimum atomic E-state index is -2.60. The van der Waals surface area contributed by atoms with Gasteiger partial charge in [-0.2, -0.15) is 0 Å². The number of aromatic nitrogens is 1. The van der Waals surface area contributed by atoms with Gasteiger partial charge in [-0.1, -0.05) is 12.1 Å². The summed E-state index contributed by atoms with van der Waals surface area (Å²) < 4.78 is 40.8. The number of fused-ring (bicyclic) bond motifs is 3. The number of hydrogen-bond donors (Lipinski definition) is 0. The van der Waals surface area contributed by atoms with Crippen LogP contribution in [0.3, 0.4) is 0 Å². The third-order valence-corrected chi connectivity index (χ3v) is 4.98. The Morgan fingerprint density at radius 2 is 2.16 bits per heavy atom. The lowest BCUT2D eigenvalue weighted by atomic mass is 10.1. The van der Waals surface area contributed by atoms with E-state index in [0.29, 0.717) is 35.4 Å². The summed E-state index contributed by atoms with van der Waals surface area (Å²) in [6.45, 7) is 0.275. The zero-order valence-corrected chi connectivity index (χ0v) is 13.8. The van der Waals surface area contributed by atoms with E-state index in [1.807, 2.05) is 0 Å². The maximum absolute atomic E-state index is 12.5. The highest BCUT2D eigenvalue weighted by Crippen LogP contribution is 2.34. The zero-order valence-electron chi connectivity index (χ0n) is 13.0. The minimum Gasteiger partial charge on any atom is -0.487 e. The molecule has 5 nitrogen and oxygen atoms in total. The van der Waals surface area contributed by atoms with Crippen LogP contribution in [0.1, 0.15) is 10.4 Å². The fourth-order valence-electron chi connectivity index (χ4n) is 2.80. The number of ether oxygens (including phenoxy) is 2. The lowest BCUT2D eigenvalue weighted by molar-refractivity contribution is 0.0821. The molecule has 3 aromatic rings. The molecule has 1 aliphatic heterocycles. The van der Waals surface area contributed by atoms with Crippen LogP contribution < -0.4 is 10.4 Å². The monoisotopic (exact) mass is 365 g/mol. The first kappa shape index (κ1) is 16.2. The largest absolute Gasteiger partial charge is 0.487 e. The van der Waals surface area contributed by atoms with Crippen molar-refractivity contribution in [2.45, 2.75) is 19.5 Å². The molecular formula is C17H13F2NO4S. The summed E-state index contributed by atoms with van der Waals surface area (Å²) in [5, 5.41) is 0.484. The van der Waals surface area contributed by atoms with E-state index in [4.69, 9.17) is 13.9 Å². The maximum atomic E-state index is 12.5. The standard InChI is InChI=1S/C17H13F2NO4S/c18-13(19)8-23-11-4-2-1-3-9(11)15-20-16-14(17(21)24-15)10-5-6-22-7-12(10)25-16/h1-4,13H,5-8H2. The fourth-order valence-corrected chi connectivity index (χ4v) is 3.94. The normalized spacial score (nSPS) is 14.0. The first-order valence-corrected chi connectivity index (χ1v) is 8.48. The number of para-hydroxylation sites is 1. The molecule has 0 amide bonds. The van der Waals surface area contributed by atoms with Crippen LogP contribution in [-0.4, -0.2) is 24.6 Å². The molecule has 1 aliphatic rings. The third-order valence-electron chi connectivity index (χ3n) is 3.88. The van der Waals surface area contributed by atoms with Crippen LogP contribution >= 0.6 is 11.3 Å². The molecule has 4 rings (SSSR count). The number of rotatable bonds is 4. The average molecular weight is 365 g/mol. The lowest BCUT2D eigenvalue weighted by Crippen LogP contribution is -2.11. The number of nitrogens with zero attached hydrogens (tertiary/aromatic N) is 1. The van der Waals surface area contributed by atoms with Crippen molar-refractivity contribution in [3.63, 3.8) is 0 Å². The van der Waals surface area contributed by atoms with E-state index >= 15 is 0 Å². The van der Waals surface area contributed by atoms with Crippen molar-refractivity contribution in [3.05, 3.63) is 45.1 Å². The highest BCUT2D eigenvalue weighted by molar-refractivity contribution is 7.18. The zero-order chi connectivity index (χ0) is 17.4. The molecule has 3 heterocycles. The van der Waals surface area contributed by atoms with E-state index in [2.05, 4.69) is 4.98 Å². The molecular weight excluding hydrogens is 352 g/mol. The Labute approximate surface area is 144 Å². The summed E-state index contributed by atoms with van der Waals surface area (Å²) in [5.74, 6) is 0.254. The Bertz CT molecular complexity index is 982. The van der Waals surface area contributed by atoms with Gasteiger partial charge < -0.3 is 13.9 Å². The Hall–Kier alpha value is -2.32. The van der Waals surface area contributed by atoms with Gasteiger partial charge in [-0.25, -0.2) is 18.6 Å². The van der Waals surface area contributed by atoms with Gasteiger partial charge in [0.2, 0.25) is 5.89 Å². The molecule has 1 aromatic carbocycles. The highest BCUT2D eigenvalue weighted by atomic mass is 32.1. The SMILES string of the molecule is O=c1oc(-c2ccccc2OCC(F)F)nc2sc3c(c12)CCOC3. The van der Waals surface area contributed by atoms with E-state index in [9.17, 15) is 13.6 Å². The van der Waals surface area contributed by atoms with Crippen LogP contribution in [0, 0.1) is 0 Å². The number of hydrogen-bond acceptors (Lipinski definition) is 6. The van der Waals surface area contributed by atoms with Crippen LogP contribution in [-0.2, 0) is 17.8 Å². The predicted octanol–water partition coefficient (Wildman–Crippen LogP) is 3.63. The first-order valence-electron chi connectivity index (χ1n) is 7.67. The minimum absolute atomic E-state index is 0.0573. The molecule has 0 aliphatic carbocycles. The maximum Gasteiger partial charge on any atom is 0.348 e. The summed E-state index contributed by atoms with van der Waals surface area (Å²) >= 11 is 1.39. The summed E-state index contributed by atoms with van der Waals surface area (Å²) in [7, 11) is 0. The van der Waals surface area contributed by atoms with E-state index in [1.165, 1.54) is 17.4 Å². The van der Waals surface area contributed by atoms with Gasteiger partial charge in [0.1, 0.15) is 22.6 Å². The Balaban J connectivity index is 1.82. The van der Waals surface area contributed by atoms with Crippen molar-refractivity contribution in [2.24, 2.45) is 0 Å². The van der Waals surface area contributed by atoms with Gasteiger partial charge >= 0.3 is 5.63 Å². The molecule has 0 saturated heterocycles. The summed E-state index contributed by atoms with van der Waals surface area (Å²) in [6.07, 6.45) is -1.95. The van der Waals surface area contributed by atoms with E-state index in [1.54, 1.807) is 18.2 Å². The van der Waals surface area contributed by atoms with Crippen molar-refractivity contribution < 1.29 is 22.7 Å². The topological polar surface area (TPSA) is 61.6 Å². The van der Waals surface area contributed by atoms with Gasteiger partial charge in [-0.15, -0.1) is 11.3 Å². The van der Waals surface area contributed by atoms with Crippen molar-refractivity contribution >= 4 is 21.6 Å². The molecule has 130 valence electrons. The van der Waals surface area contributed by atoms with Crippen LogP contribution in [0.5, 0.6) is 5.75 Å². The third kappa shape index (κ3) is 3.03. The Kier molecular flexibility index (Phi) is 4.22. The van der Waals surface area contributed by atoms with E-state index in [0.717, 1.165) is 10.4 Å². The molecule has 0 radical (unpaired) electrons. The van der Waals surface area contributed by atoms with Crippen LogP contribution in [0.2, 0.25) is 0 Å². The van der Waals surface area contributed by atoms with Crippen LogP contribution in [0.25, 0.3) is 21.7 Å². The molecule has 0 atom stereocenters. The lowest BCUT2D eigenvalue weighted by Gasteiger charge is -2.11. The molecule has 2 aromatic heterocycles. The van der Waals surface area contributed by atoms with E-state index < -0.39 is 18.7 Å². The number of thiophene rings is 1. The summed E-state index contributed by atoms with van der Waals surface area (Å²) in [4.78, 5) is 18.4. The fraction of sp³-hybridized carbons (Fsp3) is 0.294. The average Bonchev–Trinajstić information content (AvgIpc) is 2.99. The second-order valence-corrected chi connectivity index (χ2v) is 6.57. The quantitative estimate of drug-likeness (QED) is 0.707. The number of halogens is 2. The summed E-state index contributed by atoms with van der Waals surface area (Å²) in [5.41, 5.74) is 0.814. The van der Waals surface area contributed by atoms with E-state index in [-0.39, 0.29) is 11.6 Å². The molecule has 25 heavy (non-hydrogen) atoms. The molecule has 0 spiro atoms. The van der Waals surface area contributed by atoms with Crippen LogP contribution in [0.4, 0.5) is 8.78 Å². The highest BCUT2D eigenvalue weighted by Gasteiger charge is 2.22. The smallest absolute Gasteiger partial charge is 0.348 e. The van der Waals surface area contributed by atoms with Gasteiger partial charge in [0.25, 0.3) is 6.43 Å². The second-order valence-electron chi connectivity index (χ2n) is 5.49. The number of alkyl halides is 2. The van der Waals surface area contributed by atoms with Gasteiger partial charge in [-0.3, -0.25) is 0 Å². The van der Waals surface area contributed by atoms with Gasteiger partial charge in [0.15, 0.2) is 0 Å². The predicted molar refractivity (Wildman–Crippen MR) is 88.5 cm³/mol. The van der Waals surface area contributed by atoms with Crippen molar-refractivity contribution in [2.75, 3.05) is 13.2 Å². The molecule has 0 fully saturated rings. The first-order chi connectivity index (χ1) is 12.1. The van der Waals surface area contributed by atoms with Crippen molar-refractivity contribution in [1.82, 2.24) is 4.98 Å². The second kappa shape index (κ2) is 6.53. The Morgan fingerprint density at radius 3 is 3.00 bits per heavy atom.